The number of nitrogens with zero attached hydrogens (tertiary/aromatic N) is 8. The molecule has 1 saturated carbocycles. The van der Waals surface area contributed by atoms with Crippen molar-refractivity contribution < 1.29 is 42.2 Å². The number of aliphatic hydroxyl groups is 1. The average Bonchev–Trinajstić information content (AvgIpc) is 4.22. The van der Waals surface area contributed by atoms with Gasteiger partial charge >= 0.3 is 6.18 Å². The number of nitriles is 1. The van der Waals surface area contributed by atoms with E-state index in [1.54, 1.807) is 46.4 Å². The number of β-amino-alcohol motifs (C(OH)–C–C–N with tert-alkyl or cyclic N) is 1. The SMILES string of the molecule is Cc1ncsc1-c1ccc(CNC(=O)[C@@H]2C[C@@H](O)CN2C(=O)[C@@H](NC(=O)CN2CCN(CCCc3cn(-c4ccc(C(=O)NC5C(C)(C)C(Oc6ccc(C#N)c(C(F)(F)F)c6)C5(C)C)cc4)nn3)CC2)C(C)(C)C)cc1. The molecule has 0 spiro atoms. The minimum Gasteiger partial charge on any atom is -0.489 e. The van der Waals surface area contributed by atoms with Crippen LogP contribution < -0.4 is 20.7 Å². The summed E-state index contributed by atoms with van der Waals surface area (Å²) in [4.78, 5) is 66.1. The van der Waals surface area contributed by atoms with E-state index >= 15 is 0 Å². The smallest absolute Gasteiger partial charge is 0.417 e. The Kier molecular flexibility index (Phi) is 16.6. The van der Waals surface area contributed by atoms with Crippen molar-refractivity contribution in [3.63, 3.8) is 0 Å². The Hall–Kier alpha value is -6.73. The van der Waals surface area contributed by atoms with E-state index in [1.165, 1.54) is 11.0 Å². The van der Waals surface area contributed by atoms with E-state index < -0.39 is 63.7 Å². The second-order valence-electron chi connectivity index (χ2n) is 22.7. The van der Waals surface area contributed by atoms with Gasteiger partial charge in [-0.25, -0.2) is 9.67 Å². The van der Waals surface area contributed by atoms with Gasteiger partial charge in [0.2, 0.25) is 17.7 Å². The van der Waals surface area contributed by atoms with Gasteiger partial charge in [-0.15, -0.1) is 16.4 Å². The number of ether oxygens (including phenoxy) is 1. The number of carbonyl (C=O) groups is 4. The molecule has 2 saturated heterocycles. The molecular weight excluding hydrogens is 1010 g/mol. The largest absolute Gasteiger partial charge is 0.489 e. The van der Waals surface area contributed by atoms with E-state index in [9.17, 15) is 42.7 Å². The van der Waals surface area contributed by atoms with Crippen molar-refractivity contribution >= 4 is 35.0 Å². The van der Waals surface area contributed by atoms with Crippen LogP contribution in [-0.4, -0.2) is 140 Å². The van der Waals surface area contributed by atoms with Crippen molar-refractivity contribution in [1.82, 2.24) is 50.6 Å². The van der Waals surface area contributed by atoms with Crippen LogP contribution in [0.1, 0.15) is 99.7 Å². The molecule has 3 aromatic carbocycles. The van der Waals surface area contributed by atoms with Crippen molar-refractivity contribution in [2.75, 3.05) is 45.8 Å². The number of amides is 4. The van der Waals surface area contributed by atoms with Gasteiger partial charge in [0.15, 0.2) is 0 Å². The van der Waals surface area contributed by atoms with Crippen molar-refractivity contribution in [1.29, 1.82) is 5.26 Å². The quantitative estimate of drug-likeness (QED) is 0.0781. The van der Waals surface area contributed by atoms with Crippen LogP contribution in [0.4, 0.5) is 13.2 Å². The number of thiazole rings is 1. The van der Waals surface area contributed by atoms with Crippen LogP contribution in [0.25, 0.3) is 16.1 Å². The van der Waals surface area contributed by atoms with E-state index in [2.05, 4.69) is 41.0 Å². The van der Waals surface area contributed by atoms with Crippen LogP contribution >= 0.6 is 11.3 Å². The molecule has 3 aliphatic rings. The summed E-state index contributed by atoms with van der Waals surface area (Å²) in [5.74, 6) is -1.36. The van der Waals surface area contributed by atoms with Gasteiger partial charge in [-0.1, -0.05) is 77.9 Å². The Balaban J connectivity index is 0.757. The lowest BCUT2D eigenvalue weighted by Crippen LogP contribution is -2.74. The molecule has 5 aromatic rings. The molecule has 8 rings (SSSR count). The molecule has 21 heteroatoms. The maximum atomic E-state index is 14.2. The van der Waals surface area contributed by atoms with Crippen molar-refractivity contribution in [3.05, 3.63) is 112 Å². The maximum Gasteiger partial charge on any atom is 0.417 e. The number of likely N-dealkylation sites (tertiary alicyclic amines) is 1. The van der Waals surface area contributed by atoms with Crippen LogP contribution in [0.5, 0.6) is 5.75 Å². The molecule has 17 nitrogen and oxygen atoms in total. The highest BCUT2D eigenvalue weighted by atomic mass is 32.1. The molecule has 410 valence electrons. The first-order valence-corrected chi connectivity index (χ1v) is 26.8. The molecular formula is C56H68F3N11O6S. The van der Waals surface area contributed by atoms with Gasteiger partial charge in [0.05, 0.1) is 63.5 Å². The number of aryl methyl sites for hydroxylation is 2. The molecule has 2 aromatic heterocycles. The molecule has 3 fully saturated rings. The molecule has 4 amide bonds. The minimum atomic E-state index is -4.72. The number of aromatic nitrogens is 4. The van der Waals surface area contributed by atoms with Crippen LogP contribution in [0.2, 0.25) is 0 Å². The summed E-state index contributed by atoms with van der Waals surface area (Å²) in [6.45, 7) is 19.2. The first-order chi connectivity index (χ1) is 36.3. The molecule has 1 aliphatic carbocycles. The molecule has 3 atom stereocenters. The second-order valence-corrected chi connectivity index (χ2v) is 23.6. The predicted molar refractivity (Wildman–Crippen MR) is 284 cm³/mol. The molecule has 4 heterocycles. The third-order valence-electron chi connectivity index (χ3n) is 15.2. The Morgan fingerprint density at radius 1 is 0.948 bits per heavy atom. The Labute approximate surface area is 451 Å². The first kappa shape index (κ1) is 56.5. The summed E-state index contributed by atoms with van der Waals surface area (Å²) >= 11 is 1.57. The Morgan fingerprint density at radius 2 is 1.62 bits per heavy atom. The maximum absolute atomic E-state index is 14.2. The van der Waals surface area contributed by atoms with Gasteiger partial charge in [-0.05, 0) is 85.3 Å². The van der Waals surface area contributed by atoms with E-state index in [0.717, 1.165) is 71.3 Å². The Bertz CT molecular complexity index is 2960. The summed E-state index contributed by atoms with van der Waals surface area (Å²) in [5, 5.41) is 37.6. The third kappa shape index (κ3) is 12.8. The molecule has 0 unspecified atom stereocenters. The molecule has 4 N–H and O–H groups in total. The van der Waals surface area contributed by atoms with E-state index in [4.69, 9.17) is 4.74 Å². The van der Waals surface area contributed by atoms with E-state index in [-0.39, 0.29) is 55.6 Å². The fourth-order valence-electron chi connectivity index (χ4n) is 11.2. The molecule has 77 heavy (non-hydrogen) atoms. The average molecular weight is 1080 g/mol. The highest BCUT2D eigenvalue weighted by Gasteiger charge is 2.64. The number of nitrogens with one attached hydrogen (secondary N) is 3. The Morgan fingerprint density at radius 3 is 2.25 bits per heavy atom. The van der Waals surface area contributed by atoms with Gasteiger partial charge in [-0.2, -0.15) is 18.4 Å². The van der Waals surface area contributed by atoms with Crippen LogP contribution in [0, 0.1) is 34.5 Å². The number of hydrogen-bond acceptors (Lipinski definition) is 13. The minimum absolute atomic E-state index is 0.00364. The van der Waals surface area contributed by atoms with Crippen molar-refractivity contribution in [2.45, 2.75) is 118 Å². The van der Waals surface area contributed by atoms with Crippen LogP contribution in [-0.2, 0) is 33.5 Å². The van der Waals surface area contributed by atoms with E-state index in [1.807, 2.05) is 91.4 Å². The second kappa shape index (κ2) is 22.7. The number of rotatable bonds is 17. The number of alkyl halides is 3. The summed E-state index contributed by atoms with van der Waals surface area (Å²) in [6.07, 6.45) is -2.64. The van der Waals surface area contributed by atoms with Crippen molar-refractivity contribution in [3.8, 4) is 27.9 Å². The zero-order valence-electron chi connectivity index (χ0n) is 44.8. The number of benzene rings is 3. The predicted octanol–water partition coefficient (Wildman–Crippen LogP) is 6.56. The monoisotopic (exact) mass is 1080 g/mol. The number of hydrogen-bond donors (Lipinski definition) is 4. The fraction of sp³-hybridized carbons (Fsp3) is 0.500. The molecule has 2 aliphatic heterocycles. The van der Waals surface area contributed by atoms with Crippen LogP contribution in [0.15, 0.2) is 78.4 Å². The standard InChI is InChI=1S/C56H68F3N11O6S/c1-34-46(77-33-62-34)36-13-11-35(12-14-36)29-61-49(74)44-26-41(71)31-69(44)50(75)47(53(2,3)4)63-45(72)32-68-24-22-67(23-25-68)21-9-10-39-30-70(66-65-39)40-18-15-37(16-19-40)48(73)64-51-54(5,6)52(55(51,7)8)76-42-20-17-38(28-60)43(27-42)56(57,58)59/h11-20,27,30,33,41,44,47,51-52,71H,9-10,21-26,29,31-32H2,1-8H3,(H,61,74)(H,63,72)(H,64,73)/t41-,44+,47-,51?,52?/m1/s1. The van der Waals surface area contributed by atoms with Crippen LogP contribution in [0.3, 0.4) is 0 Å². The van der Waals surface area contributed by atoms with Crippen molar-refractivity contribution in [2.24, 2.45) is 16.2 Å². The fourth-order valence-corrected chi connectivity index (χ4v) is 12.0. The highest BCUT2D eigenvalue weighted by molar-refractivity contribution is 7.13. The molecule has 0 bridgehead atoms. The number of piperazine rings is 1. The third-order valence-corrected chi connectivity index (χ3v) is 16.1. The van der Waals surface area contributed by atoms with Gasteiger partial charge in [0.25, 0.3) is 5.91 Å². The summed E-state index contributed by atoms with van der Waals surface area (Å²) < 4.78 is 48.7. The number of aliphatic hydroxyl groups excluding tert-OH is 1. The number of halogens is 3. The summed E-state index contributed by atoms with van der Waals surface area (Å²) in [6, 6.07) is 17.6. The lowest BCUT2D eigenvalue weighted by molar-refractivity contribution is -0.164. The first-order valence-electron chi connectivity index (χ1n) is 25.9. The lowest BCUT2D eigenvalue weighted by atomic mass is 9.49. The zero-order chi connectivity index (χ0) is 55.6. The molecule has 0 radical (unpaired) electrons. The lowest BCUT2D eigenvalue weighted by Gasteiger charge is -2.63. The van der Waals surface area contributed by atoms with Gasteiger partial charge in [-0.3, -0.25) is 24.1 Å². The zero-order valence-corrected chi connectivity index (χ0v) is 45.6. The topological polar surface area (TPSA) is 211 Å². The summed E-state index contributed by atoms with van der Waals surface area (Å²) in [5.41, 5.74) is 3.14. The van der Waals surface area contributed by atoms with Gasteiger partial charge in [0.1, 0.15) is 23.9 Å². The highest BCUT2D eigenvalue weighted by Crippen LogP contribution is 2.56. The summed E-state index contributed by atoms with van der Waals surface area (Å²) in [7, 11) is 0. The van der Waals surface area contributed by atoms with Gasteiger partial charge < -0.3 is 35.6 Å². The number of carbonyl (C=O) groups excluding carboxylic acids is 4. The normalized spacial score (nSPS) is 20.9. The van der Waals surface area contributed by atoms with E-state index in [0.29, 0.717) is 25.1 Å². The van der Waals surface area contributed by atoms with Gasteiger partial charge in [0, 0.05) is 68.1 Å².